The average Bonchev–Trinajstić information content (AvgIpc) is 3.94. The molecule has 2 saturated carbocycles. The zero-order valence-corrected chi connectivity index (χ0v) is 32.0. The first-order valence-electron chi connectivity index (χ1n) is 18.1. The minimum absolute atomic E-state index is 0.00312. The third kappa shape index (κ3) is 8.32. The van der Waals surface area contributed by atoms with Crippen molar-refractivity contribution in [2.45, 2.75) is 102 Å². The molecular weight excluding hydrogens is 699 g/mol. The van der Waals surface area contributed by atoms with Gasteiger partial charge in [0.05, 0.1) is 29.8 Å². The highest BCUT2D eigenvalue weighted by molar-refractivity contribution is 7.93. The second kappa shape index (κ2) is 14.0. The predicted octanol–water partition coefficient (Wildman–Crippen LogP) is 4.37. The molecule has 53 heavy (non-hydrogen) atoms. The number of carbonyl (C=O) groups excluding carboxylic acids is 4. The monoisotopic (exact) mass is 747 g/mol. The SMILES string of the molecule is C=C[C@@H]1C[C@]1(NC(=O)[C@@H]1C[C@@H](Oc2nccc3cc(-n4cccn4)ccc23)CN1C(=O)[C@@H](CC(=O)OC(C)(C)C)C(C)(C)C)C(=O)CS(=O)(=O)C1CC1. The van der Waals surface area contributed by atoms with E-state index in [0.29, 0.717) is 18.7 Å². The maximum absolute atomic E-state index is 14.6. The van der Waals surface area contributed by atoms with Crippen LogP contribution in [-0.2, 0) is 33.8 Å². The Morgan fingerprint density at radius 2 is 1.83 bits per heavy atom. The molecule has 1 N–H and O–H groups in total. The maximum atomic E-state index is 14.6. The summed E-state index contributed by atoms with van der Waals surface area (Å²) in [5, 5.41) is 8.21. The lowest BCUT2D eigenvalue weighted by atomic mass is 9.77. The third-order valence-electron chi connectivity index (χ3n) is 10.2. The highest BCUT2D eigenvalue weighted by Gasteiger charge is 2.61. The lowest BCUT2D eigenvalue weighted by Gasteiger charge is -2.35. The van der Waals surface area contributed by atoms with E-state index in [4.69, 9.17) is 9.47 Å². The number of fused-ring (bicyclic) bond motifs is 1. The van der Waals surface area contributed by atoms with Crippen LogP contribution in [0.15, 0.2) is 61.6 Å². The molecule has 3 heterocycles. The third-order valence-corrected chi connectivity index (χ3v) is 12.4. The second-order valence-corrected chi connectivity index (χ2v) is 18.9. The van der Waals surface area contributed by atoms with Crippen molar-refractivity contribution in [1.82, 2.24) is 25.0 Å². The molecule has 13 nitrogen and oxygen atoms in total. The molecule has 0 radical (unpaired) electrons. The van der Waals surface area contributed by atoms with Gasteiger partial charge >= 0.3 is 5.97 Å². The molecule has 5 atom stereocenters. The number of Topliss-reactive ketones (excluding diaryl/α,β-unsaturated/α-hetero) is 1. The van der Waals surface area contributed by atoms with E-state index >= 15 is 0 Å². The molecule has 1 aromatic carbocycles. The van der Waals surface area contributed by atoms with Crippen LogP contribution in [0.5, 0.6) is 5.88 Å². The Balaban J connectivity index is 1.29. The number of ether oxygens (including phenoxy) is 2. The lowest BCUT2D eigenvalue weighted by Crippen LogP contribution is -2.55. The number of hydrogen-bond acceptors (Lipinski definition) is 10. The summed E-state index contributed by atoms with van der Waals surface area (Å²) in [7, 11) is -3.64. The van der Waals surface area contributed by atoms with Crippen LogP contribution in [0.25, 0.3) is 16.5 Å². The van der Waals surface area contributed by atoms with Gasteiger partial charge in [0.25, 0.3) is 0 Å². The summed E-state index contributed by atoms with van der Waals surface area (Å²) in [6, 6.07) is 8.31. The normalized spacial score (nSPS) is 23.7. The van der Waals surface area contributed by atoms with Gasteiger partial charge in [0.15, 0.2) is 15.6 Å². The van der Waals surface area contributed by atoms with Gasteiger partial charge in [-0.05, 0) is 81.2 Å². The van der Waals surface area contributed by atoms with Crippen LogP contribution in [0.2, 0.25) is 0 Å². The Kier molecular flexibility index (Phi) is 10.1. The summed E-state index contributed by atoms with van der Waals surface area (Å²) in [5.41, 5.74) is -2.05. The topological polar surface area (TPSA) is 167 Å². The molecule has 3 aromatic rings. The fourth-order valence-electron chi connectivity index (χ4n) is 7.11. The largest absolute Gasteiger partial charge is 0.472 e. The van der Waals surface area contributed by atoms with Gasteiger partial charge in [0.1, 0.15) is 29.0 Å². The molecule has 6 rings (SSSR count). The fraction of sp³-hybridized carbons (Fsp3) is 0.538. The van der Waals surface area contributed by atoms with Crippen LogP contribution in [0.3, 0.4) is 0 Å². The van der Waals surface area contributed by atoms with Gasteiger partial charge in [-0.15, -0.1) is 6.58 Å². The Hall–Kier alpha value is -4.59. The number of nitrogens with zero attached hydrogens (tertiary/aromatic N) is 4. The number of carbonyl (C=O) groups is 4. The molecule has 2 aromatic heterocycles. The van der Waals surface area contributed by atoms with Crippen molar-refractivity contribution in [3.8, 4) is 11.6 Å². The van der Waals surface area contributed by atoms with Crippen LogP contribution in [0.4, 0.5) is 0 Å². The van der Waals surface area contributed by atoms with Crippen molar-refractivity contribution >= 4 is 44.2 Å². The number of pyridine rings is 1. The quantitative estimate of drug-likeness (QED) is 0.196. The van der Waals surface area contributed by atoms with Gasteiger partial charge in [-0.2, -0.15) is 5.10 Å². The van der Waals surface area contributed by atoms with E-state index in [1.807, 2.05) is 57.3 Å². The molecule has 1 saturated heterocycles. The number of rotatable bonds is 13. The summed E-state index contributed by atoms with van der Waals surface area (Å²) in [5.74, 6) is -3.82. The molecule has 0 spiro atoms. The summed E-state index contributed by atoms with van der Waals surface area (Å²) < 4.78 is 39.4. The number of esters is 1. The number of aromatic nitrogens is 3. The summed E-state index contributed by atoms with van der Waals surface area (Å²) >= 11 is 0. The van der Waals surface area contributed by atoms with Crippen molar-refractivity contribution < 1.29 is 37.1 Å². The van der Waals surface area contributed by atoms with Crippen LogP contribution in [0.1, 0.15) is 73.6 Å². The Bertz CT molecular complexity index is 2030. The molecule has 0 bridgehead atoms. The van der Waals surface area contributed by atoms with Crippen LogP contribution in [0, 0.1) is 17.3 Å². The summed E-state index contributed by atoms with van der Waals surface area (Å²) in [6.07, 6.45) is 7.13. The lowest BCUT2D eigenvalue weighted by molar-refractivity contribution is -0.161. The standard InChI is InChI=1S/C39H49N5O8S/c1-8-25-21-39(25,32(45)23-53(49,50)28-11-12-28)42-34(47)31-19-27(22-43(31)36(48)30(37(2,3)4)20-33(46)52-38(5,6)7)51-35-29-13-10-26(44-17-9-15-41-44)18-24(29)14-16-40-35/h8-10,13-18,25,27-28,30-31H,1,11-12,19-23H2,2-7H3,(H,42,47)/t25-,27-,30-,31+,39-/m1/s1. The molecule has 2 amide bonds. The Morgan fingerprint density at radius 3 is 2.43 bits per heavy atom. The van der Waals surface area contributed by atoms with E-state index < -0.39 is 84.9 Å². The zero-order chi connectivity index (χ0) is 38.5. The molecule has 3 fully saturated rings. The van der Waals surface area contributed by atoms with Crippen LogP contribution < -0.4 is 10.1 Å². The minimum atomic E-state index is -3.64. The molecule has 0 unspecified atom stereocenters. The van der Waals surface area contributed by atoms with Crippen molar-refractivity contribution in [2.24, 2.45) is 17.3 Å². The predicted molar refractivity (Wildman–Crippen MR) is 198 cm³/mol. The van der Waals surface area contributed by atoms with Gasteiger partial charge in [-0.25, -0.2) is 18.1 Å². The van der Waals surface area contributed by atoms with Crippen molar-refractivity contribution in [2.75, 3.05) is 12.3 Å². The maximum Gasteiger partial charge on any atom is 0.307 e. The van der Waals surface area contributed by atoms with E-state index in [9.17, 15) is 27.6 Å². The van der Waals surface area contributed by atoms with E-state index in [1.165, 1.54) is 4.90 Å². The minimum Gasteiger partial charge on any atom is -0.472 e. The van der Waals surface area contributed by atoms with Gasteiger partial charge < -0.3 is 19.7 Å². The smallest absolute Gasteiger partial charge is 0.307 e. The number of likely N-dealkylation sites (tertiary alicyclic amines) is 1. The molecule has 284 valence electrons. The van der Waals surface area contributed by atoms with Gasteiger partial charge in [-0.3, -0.25) is 19.2 Å². The van der Waals surface area contributed by atoms with Crippen molar-refractivity contribution in [3.63, 3.8) is 0 Å². The molecule has 2 aliphatic carbocycles. The van der Waals surface area contributed by atoms with E-state index in [-0.39, 0.29) is 25.8 Å². The van der Waals surface area contributed by atoms with Crippen molar-refractivity contribution in [1.29, 1.82) is 0 Å². The van der Waals surface area contributed by atoms with Crippen molar-refractivity contribution in [3.05, 3.63) is 61.6 Å². The number of nitrogens with one attached hydrogen (secondary N) is 1. The highest BCUT2D eigenvalue weighted by Crippen LogP contribution is 2.46. The van der Waals surface area contributed by atoms with E-state index in [0.717, 1.165) is 16.5 Å². The van der Waals surface area contributed by atoms with E-state index in [2.05, 4.69) is 22.0 Å². The number of sulfone groups is 1. The zero-order valence-electron chi connectivity index (χ0n) is 31.2. The first kappa shape index (κ1) is 38.1. The van der Waals surface area contributed by atoms with Gasteiger partial charge in [-0.1, -0.05) is 26.8 Å². The number of hydrogen-bond donors (Lipinski definition) is 1. The van der Waals surface area contributed by atoms with Gasteiger partial charge in [0, 0.05) is 36.3 Å². The first-order chi connectivity index (χ1) is 24.8. The van der Waals surface area contributed by atoms with Gasteiger partial charge in [0.2, 0.25) is 17.7 Å². The summed E-state index contributed by atoms with van der Waals surface area (Å²) in [4.78, 5) is 61.5. The Morgan fingerprint density at radius 1 is 1.09 bits per heavy atom. The fourth-order valence-corrected chi connectivity index (χ4v) is 8.82. The van der Waals surface area contributed by atoms with Crippen LogP contribution >= 0.6 is 0 Å². The Labute approximate surface area is 310 Å². The molecule has 1 aliphatic heterocycles. The molecule has 3 aliphatic rings. The van der Waals surface area contributed by atoms with E-state index in [1.54, 1.807) is 43.9 Å². The number of amides is 2. The van der Waals surface area contributed by atoms with Crippen LogP contribution in [-0.4, -0.2) is 92.5 Å². The average molecular weight is 748 g/mol. The number of ketones is 1. The summed E-state index contributed by atoms with van der Waals surface area (Å²) in [6.45, 7) is 14.6. The first-order valence-corrected chi connectivity index (χ1v) is 19.8. The number of benzene rings is 1. The highest BCUT2D eigenvalue weighted by atomic mass is 32.2. The second-order valence-electron chi connectivity index (χ2n) is 16.6. The molecule has 14 heteroatoms. The molecular formula is C39H49N5O8S.